The van der Waals surface area contributed by atoms with Crippen molar-refractivity contribution in [3.05, 3.63) is 63.6 Å². The number of nitrogens with zero attached hydrogens (tertiary/aromatic N) is 2. The average Bonchev–Trinajstić information content (AvgIpc) is 3.17. The van der Waals surface area contributed by atoms with Crippen LogP contribution >= 0.6 is 35.2 Å². The maximum Gasteiger partial charge on any atom is 0.340 e. The Labute approximate surface area is 171 Å². The van der Waals surface area contributed by atoms with Gasteiger partial charge >= 0.3 is 5.97 Å². The van der Waals surface area contributed by atoms with Gasteiger partial charge in [0.1, 0.15) is 10.0 Å². The van der Waals surface area contributed by atoms with Gasteiger partial charge in [-0.1, -0.05) is 41.9 Å². The normalized spacial score (nSPS) is 10.5. The van der Waals surface area contributed by atoms with E-state index in [-0.39, 0.29) is 5.11 Å². The number of carbonyl (C=O) groups is 1. The highest BCUT2D eigenvalue weighted by atomic mass is 35.5. The molecule has 6 nitrogen and oxygen atoms in total. The Morgan fingerprint density at radius 3 is 2.78 bits per heavy atom. The number of hydrogen-bond donors (Lipinski definition) is 2. The summed E-state index contributed by atoms with van der Waals surface area (Å²) in [6, 6.07) is 11.7. The minimum Gasteiger partial charge on any atom is -0.465 e. The van der Waals surface area contributed by atoms with E-state index in [1.54, 1.807) is 16.9 Å². The van der Waals surface area contributed by atoms with Crippen LogP contribution in [-0.2, 0) is 11.3 Å². The minimum atomic E-state index is -0.421. The molecule has 27 heavy (non-hydrogen) atoms. The molecule has 0 unspecified atom stereocenters. The third-order valence-corrected chi connectivity index (χ3v) is 5.07. The van der Waals surface area contributed by atoms with E-state index < -0.39 is 5.97 Å². The van der Waals surface area contributed by atoms with Gasteiger partial charge in [-0.15, -0.1) is 11.3 Å². The second-order valence-corrected chi connectivity index (χ2v) is 7.75. The third-order valence-electron chi connectivity index (χ3n) is 3.62. The van der Waals surface area contributed by atoms with Crippen LogP contribution in [0.25, 0.3) is 0 Å². The summed E-state index contributed by atoms with van der Waals surface area (Å²) in [4.78, 5) is 12.8. The molecule has 0 fully saturated rings. The van der Waals surface area contributed by atoms with Gasteiger partial charge in [-0.05, 0) is 30.8 Å². The summed E-state index contributed by atoms with van der Waals surface area (Å²) in [6.45, 7) is 2.50. The van der Waals surface area contributed by atoms with Crippen molar-refractivity contribution in [1.82, 2.24) is 9.78 Å². The number of carbonyl (C=O) groups excluding carboxylic acids is 1. The predicted octanol–water partition coefficient (Wildman–Crippen LogP) is 4.55. The van der Waals surface area contributed by atoms with E-state index >= 15 is 0 Å². The van der Waals surface area contributed by atoms with Gasteiger partial charge in [-0.25, -0.2) is 4.79 Å². The molecule has 0 amide bonds. The number of methoxy groups -OCH3 is 1. The van der Waals surface area contributed by atoms with Crippen LogP contribution in [0.2, 0.25) is 5.02 Å². The van der Waals surface area contributed by atoms with Gasteiger partial charge < -0.3 is 15.4 Å². The monoisotopic (exact) mass is 420 g/mol. The van der Waals surface area contributed by atoms with E-state index in [1.165, 1.54) is 18.4 Å². The molecule has 0 aliphatic heterocycles. The second kappa shape index (κ2) is 8.51. The molecule has 0 atom stereocenters. The molecule has 3 aromatic rings. The van der Waals surface area contributed by atoms with Gasteiger partial charge in [-0.3, -0.25) is 4.68 Å². The lowest BCUT2D eigenvalue weighted by atomic mass is 10.2. The molecular formula is C18H17ClN4O2S2. The largest absolute Gasteiger partial charge is 0.465 e. The molecule has 0 bridgehead atoms. The van der Waals surface area contributed by atoms with Crippen molar-refractivity contribution in [2.45, 2.75) is 13.5 Å². The van der Waals surface area contributed by atoms with E-state index in [1.807, 2.05) is 37.3 Å². The summed E-state index contributed by atoms with van der Waals surface area (Å²) in [5, 5.41) is 11.7. The number of thiophene rings is 1. The topological polar surface area (TPSA) is 68.2 Å². The highest BCUT2D eigenvalue weighted by Gasteiger charge is 2.17. The molecular weight excluding hydrogens is 404 g/mol. The fraction of sp³-hybridized carbons (Fsp3) is 0.167. The zero-order valence-electron chi connectivity index (χ0n) is 14.7. The molecule has 1 aromatic carbocycles. The van der Waals surface area contributed by atoms with Gasteiger partial charge in [0.05, 0.1) is 19.2 Å². The first-order chi connectivity index (χ1) is 13.0. The Morgan fingerprint density at radius 2 is 2.07 bits per heavy atom. The Kier molecular flexibility index (Phi) is 6.10. The molecule has 0 spiro atoms. The number of anilines is 2. The number of benzene rings is 1. The van der Waals surface area contributed by atoms with Crippen LogP contribution in [0, 0.1) is 6.92 Å². The first kappa shape index (κ1) is 19.3. The van der Waals surface area contributed by atoms with Crippen molar-refractivity contribution in [2.24, 2.45) is 0 Å². The number of ether oxygens (including phenoxy) is 1. The third kappa shape index (κ3) is 4.85. The number of nitrogens with one attached hydrogen (secondary N) is 2. The van der Waals surface area contributed by atoms with E-state index in [0.717, 1.165) is 10.4 Å². The smallest absolute Gasteiger partial charge is 0.340 e. The lowest BCUT2D eigenvalue weighted by Crippen LogP contribution is -2.20. The van der Waals surface area contributed by atoms with Crippen molar-refractivity contribution >= 4 is 57.1 Å². The standard InChI is InChI=1S/C18H17ClN4O2S2/c1-11-8-13(17(24)25-2)16(27-11)21-18(26)20-15-14(19)10-23(22-15)9-12-6-4-3-5-7-12/h3-8,10H,9H2,1-2H3,(H2,20,21,22,26). The molecule has 0 aliphatic carbocycles. The lowest BCUT2D eigenvalue weighted by Gasteiger charge is -2.09. The zero-order chi connectivity index (χ0) is 19.4. The van der Waals surface area contributed by atoms with E-state index in [0.29, 0.717) is 27.9 Å². The quantitative estimate of drug-likeness (QED) is 0.466. The van der Waals surface area contributed by atoms with E-state index in [2.05, 4.69) is 15.7 Å². The Balaban J connectivity index is 1.69. The first-order valence-electron chi connectivity index (χ1n) is 8.00. The number of halogens is 1. The Bertz CT molecular complexity index is 969. The summed E-state index contributed by atoms with van der Waals surface area (Å²) < 4.78 is 6.53. The van der Waals surface area contributed by atoms with Gasteiger partial charge in [0, 0.05) is 11.1 Å². The SMILES string of the molecule is COC(=O)c1cc(C)sc1NC(=S)Nc1nn(Cc2ccccc2)cc1Cl. The molecule has 2 heterocycles. The summed E-state index contributed by atoms with van der Waals surface area (Å²) in [5.41, 5.74) is 1.55. The Morgan fingerprint density at radius 1 is 1.33 bits per heavy atom. The molecule has 9 heteroatoms. The molecule has 0 saturated heterocycles. The number of rotatable bonds is 5. The van der Waals surface area contributed by atoms with Gasteiger partial charge in [0.2, 0.25) is 0 Å². The van der Waals surface area contributed by atoms with Crippen LogP contribution in [0.5, 0.6) is 0 Å². The number of aryl methyl sites for hydroxylation is 1. The fourth-order valence-corrected chi connectivity index (χ4v) is 3.81. The van der Waals surface area contributed by atoms with Crippen LogP contribution in [0.1, 0.15) is 20.8 Å². The van der Waals surface area contributed by atoms with Crippen molar-refractivity contribution in [3.8, 4) is 0 Å². The first-order valence-corrected chi connectivity index (χ1v) is 9.60. The van der Waals surface area contributed by atoms with Crippen molar-refractivity contribution < 1.29 is 9.53 Å². The van der Waals surface area contributed by atoms with Gasteiger partial charge in [0.15, 0.2) is 10.9 Å². The zero-order valence-corrected chi connectivity index (χ0v) is 17.0. The molecule has 3 rings (SSSR count). The van der Waals surface area contributed by atoms with Crippen LogP contribution < -0.4 is 10.6 Å². The van der Waals surface area contributed by atoms with E-state index in [4.69, 9.17) is 28.6 Å². The molecule has 0 saturated carbocycles. The predicted molar refractivity (Wildman–Crippen MR) is 113 cm³/mol. The fourth-order valence-electron chi connectivity index (χ4n) is 2.44. The Hall–Kier alpha value is -2.42. The minimum absolute atomic E-state index is 0.286. The van der Waals surface area contributed by atoms with Crippen LogP contribution in [0.4, 0.5) is 10.8 Å². The lowest BCUT2D eigenvalue weighted by molar-refractivity contribution is 0.0602. The molecule has 2 N–H and O–H groups in total. The number of hydrogen-bond acceptors (Lipinski definition) is 5. The van der Waals surface area contributed by atoms with E-state index in [9.17, 15) is 4.79 Å². The number of aromatic nitrogens is 2. The molecule has 2 aromatic heterocycles. The summed E-state index contributed by atoms with van der Waals surface area (Å²) >= 11 is 13.0. The maximum atomic E-state index is 11.9. The highest BCUT2D eigenvalue weighted by molar-refractivity contribution is 7.80. The van der Waals surface area contributed by atoms with Crippen molar-refractivity contribution in [3.63, 3.8) is 0 Å². The van der Waals surface area contributed by atoms with Crippen molar-refractivity contribution in [2.75, 3.05) is 17.7 Å². The van der Waals surface area contributed by atoms with Crippen molar-refractivity contribution in [1.29, 1.82) is 0 Å². The second-order valence-electron chi connectivity index (χ2n) is 5.68. The molecule has 0 radical (unpaired) electrons. The summed E-state index contributed by atoms with van der Waals surface area (Å²) in [6.07, 6.45) is 1.73. The summed E-state index contributed by atoms with van der Waals surface area (Å²) in [5.74, 6) is 0.0211. The highest BCUT2D eigenvalue weighted by Crippen LogP contribution is 2.28. The molecule has 140 valence electrons. The number of esters is 1. The number of thiocarbonyl (C=S) groups is 1. The summed E-state index contributed by atoms with van der Waals surface area (Å²) in [7, 11) is 1.34. The van der Waals surface area contributed by atoms with Gasteiger partial charge in [0.25, 0.3) is 0 Å². The van der Waals surface area contributed by atoms with Gasteiger partial charge in [-0.2, -0.15) is 5.10 Å². The van der Waals surface area contributed by atoms with Crippen LogP contribution in [0.15, 0.2) is 42.6 Å². The van der Waals surface area contributed by atoms with Crippen LogP contribution in [0.3, 0.4) is 0 Å². The van der Waals surface area contributed by atoms with Crippen LogP contribution in [-0.4, -0.2) is 28.0 Å². The average molecular weight is 421 g/mol. The molecule has 0 aliphatic rings. The maximum absolute atomic E-state index is 11.9.